The van der Waals surface area contributed by atoms with Gasteiger partial charge in [0.1, 0.15) is 5.75 Å². The van der Waals surface area contributed by atoms with Crippen LogP contribution in [0.2, 0.25) is 0 Å². The van der Waals surface area contributed by atoms with Crippen LogP contribution in [0.5, 0.6) is 0 Å². The van der Waals surface area contributed by atoms with Gasteiger partial charge in [-0.25, -0.2) is 0 Å². The highest BCUT2D eigenvalue weighted by Gasteiger charge is 2.08. The summed E-state index contributed by atoms with van der Waals surface area (Å²) in [4.78, 5) is 11.5. The lowest BCUT2D eigenvalue weighted by Crippen LogP contribution is -2.23. The molecule has 1 amide bonds. The minimum Gasteiger partial charge on any atom is -0.330 e. The minimum atomic E-state index is -1.18. The van der Waals surface area contributed by atoms with E-state index in [2.05, 4.69) is 21.2 Å². The van der Waals surface area contributed by atoms with Crippen LogP contribution in [0.25, 0.3) is 0 Å². The predicted molar refractivity (Wildman–Crippen MR) is 69.7 cm³/mol. The average molecular weight is 305 g/mol. The van der Waals surface area contributed by atoms with Gasteiger partial charge in [0.05, 0.1) is 5.69 Å². The van der Waals surface area contributed by atoms with Gasteiger partial charge in [-0.2, -0.15) is 0 Å². The van der Waals surface area contributed by atoms with E-state index < -0.39 is 10.8 Å². The summed E-state index contributed by atoms with van der Waals surface area (Å²) in [5.41, 5.74) is 5.93. The molecule has 0 aliphatic heterocycles. The number of hydrogen-bond donors (Lipinski definition) is 2. The Morgan fingerprint density at radius 1 is 1.44 bits per heavy atom. The summed E-state index contributed by atoms with van der Waals surface area (Å²) < 4.78 is 12.1. The summed E-state index contributed by atoms with van der Waals surface area (Å²) in [5.74, 6) is 0.0701. The molecule has 0 aliphatic carbocycles. The summed E-state index contributed by atoms with van der Waals surface area (Å²) in [6.45, 7) is 0.328. The Morgan fingerprint density at radius 2 is 2.12 bits per heavy atom. The molecule has 4 nitrogen and oxygen atoms in total. The maximum absolute atomic E-state index is 11.5. The molecule has 0 aliphatic rings. The van der Waals surface area contributed by atoms with Crippen LogP contribution in [0.4, 0.5) is 5.69 Å². The molecule has 3 N–H and O–H groups in total. The Hall–Kier alpha value is -0.720. The third-order valence-electron chi connectivity index (χ3n) is 1.79. The van der Waals surface area contributed by atoms with E-state index >= 15 is 0 Å². The fraction of sp³-hybridized carbons (Fsp3) is 0.300. The van der Waals surface area contributed by atoms with Gasteiger partial charge in [0.25, 0.3) is 0 Å². The molecule has 0 fully saturated rings. The summed E-state index contributed by atoms with van der Waals surface area (Å²) in [6.07, 6.45) is 0. The van der Waals surface area contributed by atoms with Gasteiger partial charge in [0.2, 0.25) is 5.91 Å². The van der Waals surface area contributed by atoms with Crippen molar-refractivity contribution in [2.45, 2.75) is 0 Å². The molecular weight excluding hydrogens is 292 g/mol. The normalized spacial score (nSPS) is 12.1. The number of anilines is 1. The highest BCUT2D eigenvalue weighted by molar-refractivity contribution is 9.10. The quantitative estimate of drug-likeness (QED) is 0.855. The monoisotopic (exact) mass is 304 g/mol. The average Bonchev–Trinajstić information content (AvgIpc) is 2.21. The van der Waals surface area contributed by atoms with Crippen molar-refractivity contribution in [2.75, 3.05) is 23.4 Å². The molecule has 1 aromatic carbocycles. The number of nitrogens with two attached hydrogens (primary N) is 1. The van der Waals surface area contributed by atoms with Crippen LogP contribution in [-0.4, -0.2) is 28.2 Å². The molecule has 0 saturated heterocycles. The van der Waals surface area contributed by atoms with Gasteiger partial charge in [-0.3, -0.25) is 9.00 Å². The molecule has 16 heavy (non-hydrogen) atoms. The molecule has 0 bridgehead atoms. The number of rotatable bonds is 5. The summed E-state index contributed by atoms with van der Waals surface area (Å²) in [7, 11) is -1.18. The molecule has 0 radical (unpaired) electrons. The molecule has 0 saturated carbocycles. The second-order valence-corrected chi connectivity index (χ2v) is 5.54. The van der Waals surface area contributed by atoms with Crippen molar-refractivity contribution in [2.24, 2.45) is 5.73 Å². The Morgan fingerprint density at radius 3 is 2.75 bits per heavy atom. The van der Waals surface area contributed by atoms with E-state index in [0.29, 0.717) is 18.0 Å². The van der Waals surface area contributed by atoms with Gasteiger partial charge < -0.3 is 11.1 Å². The molecule has 6 heteroatoms. The van der Waals surface area contributed by atoms with Crippen LogP contribution in [0.3, 0.4) is 0 Å². The van der Waals surface area contributed by atoms with Gasteiger partial charge >= 0.3 is 0 Å². The molecule has 0 aromatic heterocycles. The summed E-state index contributed by atoms with van der Waals surface area (Å²) >= 11 is 3.31. The van der Waals surface area contributed by atoms with Crippen molar-refractivity contribution >= 4 is 38.3 Å². The van der Waals surface area contributed by atoms with Crippen LogP contribution < -0.4 is 11.1 Å². The predicted octanol–water partition coefficient (Wildman–Crippen LogP) is 1.10. The Labute approximate surface area is 105 Å². The van der Waals surface area contributed by atoms with E-state index in [-0.39, 0.29) is 11.7 Å². The number of hydrogen-bond acceptors (Lipinski definition) is 3. The van der Waals surface area contributed by atoms with Crippen molar-refractivity contribution < 1.29 is 9.00 Å². The van der Waals surface area contributed by atoms with Crippen LogP contribution in [-0.2, 0) is 15.6 Å². The third kappa shape index (κ3) is 4.42. The number of amides is 1. The van der Waals surface area contributed by atoms with E-state index in [1.54, 1.807) is 6.07 Å². The summed E-state index contributed by atoms with van der Waals surface area (Å²) in [5, 5.41) is 2.68. The van der Waals surface area contributed by atoms with Gasteiger partial charge in [0, 0.05) is 27.6 Å². The van der Waals surface area contributed by atoms with E-state index in [9.17, 15) is 9.00 Å². The number of carbonyl (C=O) groups excluding carboxylic acids is 1. The van der Waals surface area contributed by atoms with E-state index in [4.69, 9.17) is 5.73 Å². The topological polar surface area (TPSA) is 72.2 Å². The number of carbonyl (C=O) groups is 1. The fourth-order valence-electron chi connectivity index (χ4n) is 1.10. The number of nitrogens with one attached hydrogen (secondary N) is 1. The molecule has 88 valence electrons. The third-order valence-corrected chi connectivity index (χ3v) is 3.75. The highest BCUT2D eigenvalue weighted by Crippen LogP contribution is 2.20. The van der Waals surface area contributed by atoms with Gasteiger partial charge in [0.15, 0.2) is 0 Å². The lowest BCUT2D eigenvalue weighted by molar-refractivity contribution is -0.113. The number of para-hydroxylation sites is 1. The zero-order chi connectivity index (χ0) is 12.0. The molecule has 0 heterocycles. The lowest BCUT2D eigenvalue weighted by Gasteiger charge is -2.06. The number of halogens is 1. The molecule has 0 spiro atoms. The minimum absolute atomic E-state index is 0.0153. The SMILES string of the molecule is NCCS(=O)CC(=O)Nc1ccccc1Br. The Bertz CT molecular complexity index is 398. The largest absolute Gasteiger partial charge is 0.330 e. The summed E-state index contributed by atoms with van der Waals surface area (Å²) in [6, 6.07) is 7.27. The van der Waals surface area contributed by atoms with Crippen molar-refractivity contribution in [1.82, 2.24) is 0 Å². The van der Waals surface area contributed by atoms with Crippen LogP contribution >= 0.6 is 15.9 Å². The van der Waals surface area contributed by atoms with Gasteiger partial charge in [-0.1, -0.05) is 12.1 Å². The Balaban J connectivity index is 2.52. The molecule has 1 atom stereocenters. The first-order chi connectivity index (χ1) is 7.63. The first kappa shape index (κ1) is 13.3. The van der Waals surface area contributed by atoms with Crippen molar-refractivity contribution in [3.8, 4) is 0 Å². The maximum Gasteiger partial charge on any atom is 0.237 e. The first-order valence-electron chi connectivity index (χ1n) is 4.73. The molecule has 1 unspecified atom stereocenters. The standard InChI is InChI=1S/C10H13BrN2O2S/c11-8-3-1-2-4-9(8)13-10(14)7-16(15)6-5-12/h1-4H,5-7,12H2,(H,13,14). The van der Waals surface area contributed by atoms with Crippen molar-refractivity contribution in [3.63, 3.8) is 0 Å². The first-order valence-corrected chi connectivity index (χ1v) is 7.01. The van der Waals surface area contributed by atoms with Crippen LogP contribution in [0, 0.1) is 0 Å². The van der Waals surface area contributed by atoms with E-state index in [0.717, 1.165) is 4.47 Å². The zero-order valence-corrected chi connectivity index (χ0v) is 11.0. The van der Waals surface area contributed by atoms with Crippen molar-refractivity contribution in [1.29, 1.82) is 0 Å². The smallest absolute Gasteiger partial charge is 0.237 e. The second-order valence-electron chi connectivity index (χ2n) is 3.10. The molecule has 1 aromatic rings. The lowest BCUT2D eigenvalue weighted by atomic mass is 10.3. The Kier molecular flexibility index (Phi) is 5.65. The highest BCUT2D eigenvalue weighted by atomic mass is 79.9. The zero-order valence-electron chi connectivity index (χ0n) is 8.61. The molecule has 1 rings (SSSR count). The molecular formula is C10H13BrN2O2S. The van der Waals surface area contributed by atoms with Gasteiger partial charge in [-0.05, 0) is 28.1 Å². The van der Waals surface area contributed by atoms with E-state index in [1.807, 2.05) is 18.2 Å². The number of benzene rings is 1. The van der Waals surface area contributed by atoms with Crippen LogP contribution in [0.15, 0.2) is 28.7 Å². The van der Waals surface area contributed by atoms with Gasteiger partial charge in [-0.15, -0.1) is 0 Å². The second kappa shape index (κ2) is 6.78. The van der Waals surface area contributed by atoms with Crippen molar-refractivity contribution in [3.05, 3.63) is 28.7 Å². The van der Waals surface area contributed by atoms with E-state index in [1.165, 1.54) is 0 Å². The fourth-order valence-corrected chi connectivity index (χ4v) is 2.25. The van der Waals surface area contributed by atoms with Crippen LogP contribution in [0.1, 0.15) is 0 Å². The maximum atomic E-state index is 11.5.